The van der Waals surface area contributed by atoms with E-state index in [1.807, 2.05) is 0 Å². The highest BCUT2D eigenvalue weighted by atomic mass is 32.2. The Kier molecular flexibility index (Phi) is 6.78. The predicted octanol–water partition coefficient (Wildman–Crippen LogP) is 3.07. The predicted molar refractivity (Wildman–Crippen MR) is 73.3 cm³/mol. The number of rotatable bonds is 7. The van der Waals surface area contributed by atoms with Crippen LogP contribution in [0.4, 0.5) is 0 Å². The van der Waals surface area contributed by atoms with Crippen LogP contribution in [0.3, 0.4) is 0 Å². The second kappa shape index (κ2) is 7.57. The van der Waals surface area contributed by atoms with Gasteiger partial charge in [0.1, 0.15) is 0 Å². The molecule has 1 unspecified atom stereocenters. The molecule has 1 N–H and O–H groups in total. The van der Waals surface area contributed by atoms with Crippen molar-refractivity contribution in [2.75, 3.05) is 26.5 Å². The van der Waals surface area contributed by atoms with Crippen molar-refractivity contribution in [2.45, 2.75) is 56.2 Å². The third kappa shape index (κ3) is 4.64. The van der Waals surface area contributed by atoms with E-state index in [1.54, 1.807) is 7.11 Å². The van der Waals surface area contributed by atoms with Crippen LogP contribution in [0.1, 0.15) is 45.4 Å². The van der Waals surface area contributed by atoms with E-state index in [9.17, 15) is 0 Å². The second-order valence-electron chi connectivity index (χ2n) is 5.01. The maximum atomic E-state index is 5.11. The summed E-state index contributed by atoms with van der Waals surface area (Å²) in [6.07, 6.45) is 10.4. The first-order valence-electron chi connectivity index (χ1n) is 6.50. The molecule has 0 saturated heterocycles. The summed E-state index contributed by atoms with van der Waals surface area (Å²) >= 11 is 2.07. The summed E-state index contributed by atoms with van der Waals surface area (Å²) in [4.78, 5) is 0. The maximum absolute atomic E-state index is 5.11. The molecule has 0 heterocycles. The van der Waals surface area contributed by atoms with E-state index < -0.39 is 0 Å². The average Bonchev–Trinajstić information content (AvgIpc) is 2.35. The highest BCUT2D eigenvalue weighted by molar-refractivity contribution is 8.00. The van der Waals surface area contributed by atoms with E-state index in [0.717, 1.165) is 13.0 Å². The third-order valence-corrected chi connectivity index (χ3v) is 5.14. The zero-order valence-electron chi connectivity index (χ0n) is 11.1. The zero-order valence-corrected chi connectivity index (χ0v) is 11.9. The van der Waals surface area contributed by atoms with E-state index >= 15 is 0 Å². The summed E-state index contributed by atoms with van der Waals surface area (Å²) in [6.45, 7) is 4.29. The van der Waals surface area contributed by atoms with E-state index in [2.05, 4.69) is 30.3 Å². The van der Waals surface area contributed by atoms with Gasteiger partial charge >= 0.3 is 0 Å². The Labute approximate surface area is 105 Å². The molecule has 1 fully saturated rings. The van der Waals surface area contributed by atoms with Crippen molar-refractivity contribution in [3.8, 4) is 0 Å². The monoisotopic (exact) mass is 245 g/mol. The molecular weight excluding hydrogens is 218 g/mol. The minimum Gasteiger partial charge on any atom is -0.385 e. The van der Waals surface area contributed by atoms with Crippen molar-refractivity contribution < 1.29 is 4.74 Å². The van der Waals surface area contributed by atoms with Crippen LogP contribution in [-0.4, -0.2) is 37.3 Å². The number of nitrogens with one attached hydrogen (secondary N) is 1. The minimum atomic E-state index is 0.513. The third-order valence-electron chi connectivity index (χ3n) is 3.73. The SMILES string of the molecule is COCCC(C)NCC1(SC)CCCCC1. The minimum absolute atomic E-state index is 0.513. The van der Waals surface area contributed by atoms with Crippen molar-refractivity contribution in [2.24, 2.45) is 0 Å². The molecular formula is C13H27NOS. The van der Waals surface area contributed by atoms with Gasteiger partial charge in [0.25, 0.3) is 0 Å². The van der Waals surface area contributed by atoms with Gasteiger partial charge in [-0.05, 0) is 32.4 Å². The second-order valence-corrected chi connectivity index (χ2v) is 6.29. The van der Waals surface area contributed by atoms with Crippen molar-refractivity contribution in [1.82, 2.24) is 5.32 Å². The molecule has 0 aromatic carbocycles. The van der Waals surface area contributed by atoms with Crippen molar-refractivity contribution in [3.05, 3.63) is 0 Å². The Hall–Kier alpha value is 0.270. The van der Waals surface area contributed by atoms with Crippen LogP contribution in [0, 0.1) is 0 Å². The number of hydrogen-bond donors (Lipinski definition) is 1. The van der Waals surface area contributed by atoms with Crippen LogP contribution in [0.5, 0.6) is 0 Å². The molecule has 1 atom stereocenters. The molecule has 3 heteroatoms. The summed E-state index contributed by atoms with van der Waals surface area (Å²) in [5.74, 6) is 0. The lowest BCUT2D eigenvalue weighted by molar-refractivity contribution is 0.183. The van der Waals surface area contributed by atoms with Crippen LogP contribution < -0.4 is 5.32 Å². The normalized spacial score (nSPS) is 21.9. The molecule has 0 aliphatic heterocycles. The van der Waals surface area contributed by atoms with Gasteiger partial charge in [0.15, 0.2) is 0 Å². The Morgan fingerprint density at radius 1 is 1.31 bits per heavy atom. The smallest absolute Gasteiger partial charge is 0.0476 e. The molecule has 1 saturated carbocycles. The first kappa shape index (κ1) is 14.3. The van der Waals surface area contributed by atoms with Gasteiger partial charge < -0.3 is 10.1 Å². The van der Waals surface area contributed by atoms with E-state index in [4.69, 9.17) is 4.74 Å². The molecule has 0 aromatic rings. The quantitative estimate of drug-likeness (QED) is 0.745. The number of hydrogen-bond acceptors (Lipinski definition) is 3. The van der Waals surface area contributed by atoms with Crippen LogP contribution in [0.2, 0.25) is 0 Å². The molecule has 1 aliphatic rings. The molecule has 2 nitrogen and oxygen atoms in total. The lowest BCUT2D eigenvalue weighted by Crippen LogP contribution is -2.42. The van der Waals surface area contributed by atoms with Crippen LogP contribution in [0.15, 0.2) is 0 Å². The molecule has 0 bridgehead atoms. The van der Waals surface area contributed by atoms with E-state index in [1.165, 1.54) is 38.6 Å². The van der Waals surface area contributed by atoms with Crippen molar-refractivity contribution >= 4 is 11.8 Å². The van der Waals surface area contributed by atoms with Crippen LogP contribution in [0.25, 0.3) is 0 Å². The van der Waals surface area contributed by atoms with E-state index in [0.29, 0.717) is 10.8 Å². The highest BCUT2D eigenvalue weighted by Gasteiger charge is 2.30. The summed E-state index contributed by atoms with van der Waals surface area (Å²) in [7, 11) is 1.78. The summed E-state index contributed by atoms with van der Waals surface area (Å²) < 4.78 is 5.62. The fourth-order valence-electron chi connectivity index (χ4n) is 2.41. The van der Waals surface area contributed by atoms with Crippen LogP contribution >= 0.6 is 11.8 Å². The molecule has 16 heavy (non-hydrogen) atoms. The fraction of sp³-hybridized carbons (Fsp3) is 1.00. The van der Waals surface area contributed by atoms with Gasteiger partial charge in [-0.1, -0.05) is 19.3 Å². The van der Waals surface area contributed by atoms with Crippen molar-refractivity contribution in [3.63, 3.8) is 0 Å². The highest BCUT2D eigenvalue weighted by Crippen LogP contribution is 2.38. The standard InChI is InChI=1S/C13H27NOS/c1-12(7-10-15-2)14-11-13(16-3)8-5-4-6-9-13/h12,14H,4-11H2,1-3H3. The largest absolute Gasteiger partial charge is 0.385 e. The van der Waals surface area contributed by atoms with Gasteiger partial charge in [-0.15, -0.1) is 0 Å². The summed E-state index contributed by atoms with van der Waals surface area (Å²) in [5.41, 5.74) is 0. The molecule has 1 aliphatic carbocycles. The summed E-state index contributed by atoms with van der Waals surface area (Å²) in [5, 5.41) is 3.68. The lowest BCUT2D eigenvalue weighted by Gasteiger charge is -2.37. The summed E-state index contributed by atoms with van der Waals surface area (Å²) in [6, 6.07) is 0.575. The molecule has 1 rings (SSSR count). The Balaban J connectivity index is 2.27. The molecule has 0 radical (unpaired) electrons. The molecule has 0 aromatic heterocycles. The number of methoxy groups -OCH3 is 1. The Morgan fingerprint density at radius 2 is 2.00 bits per heavy atom. The van der Waals surface area contributed by atoms with Crippen LogP contribution in [-0.2, 0) is 4.74 Å². The Morgan fingerprint density at radius 3 is 2.56 bits per heavy atom. The first-order chi connectivity index (χ1) is 7.72. The van der Waals surface area contributed by atoms with E-state index in [-0.39, 0.29) is 0 Å². The van der Waals surface area contributed by atoms with Crippen molar-refractivity contribution in [1.29, 1.82) is 0 Å². The van der Waals surface area contributed by atoms with Gasteiger partial charge in [-0.25, -0.2) is 0 Å². The topological polar surface area (TPSA) is 21.3 Å². The van der Waals surface area contributed by atoms with Gasteiger partial charge in [-0.3, -0.25) is 0 Å². The molecule has 0 spiro atoms. The molecule has 96 valence electrons. The molecule has 0 amide bonds. The van der Waals surface area contributed by atoms with Gasteiger partial charge in [0.05, 0.1) is 0 Å². The fourth-order valence-corrected chi connectivity index (χ4v) is 3.33. The lowest BCUT2D eigenvalue weighted by atomic mass is 9.88. The van der Waals surface area contributed by atoms with Gasteiger partial charge in [-0.2, -0.15) is 11.8 Å². The van der Waals surface area contributed by atoms with Gasteiger partial charge in [0.2, 0.25) is 0 Å². The van der Waals surface area contributed by atoms with Gasteiger partial charge in [0, 0.05) is 31.1 Å². The Bertz CT molecular complexity index is 181. The number of thioether (sulfide) groups is 1. The first-order valence-corrected chi connectivity index (χ1v) is 7.72. The zero-order chi connectivity index (χ0) is 11.9. The maximum Gasteiger partial charge on any atom is 0.0476 e. The average molecular weight is 245 g/mol. The number of ether oxygens (including phenoxy) is 1.